The van der Waals surface area contributed by atoms with Gasteiger partial charge in [-0.1, -0.05) is 25.1 Å². The van der Waals surface area contributed by atoms with E-state index in [4.69, 9.17) is 15.2 Å². The summed E-state index contributed by atoms with van der Waals surface area (Å²) >= 11 is 0. The van der Waals surface area contributed by atoms with Crippen molar-refractivity contribution >= 4 is 41.7 Å². The number of para-hydroxylation sites is 1. The van der Waals surface area contributed by atoms with E-state index in [0.29, 0.717) is 25.7 Å². The van der Waals surface area contributed by atoms with Gasteiger partial charge in [-0.25, -0.2) is 4.79 Å². The van der Waals surface area contributed by atoms with E-state index in [2.05, 4.69) is 10.3 Å². The molecule has 3 N–H and O–H groups in total. The molecule has 154 valence electrons. The number of rotatable bonds is 7. The van der Waals surface area contributed by atoms with Crippen molar-refractivity contribution < 1.29 is 14.3 Å². The maximum atomic E-state index is 12.0. The molecule has 1 atom stereocenters. The van der Waals surface area contributed by atoms with Gasteiger partial charge in [0.2, 0.25) is 0 Å². The third-order valence-electron chi connectivity index (χ3n) is 3.44. The van der Waals surface area contributed by atoms with Gasteiger partial charge in [0.25, 0.3) is 0 Å². The van der Waals surface area contributed by atoms with Crippen LogP contribution < -0.4 is 11.1 Å². The van der Waals surface area contributed by atoms with Gasteiger partial charge in [0, 0.05) is 38.5 Å². The number of nitrogens with one attached hydrogen (secondary N) is 1. The second kappa shape index (κ2) is 12.0. The number of anilines is 1. The minimum atomic E-state index is -0.503. The number of carbonyl (C=O) groups excluding carboxylic acids is 1. The number of methoxy groups -OCH3 is 1. The van der Waals surface area contributed by atoms with Crippen LogP contribution in [0.4, 0.5) is 10.5 Å². The summed E-state index contributed by atoms with van der Waals surface area (Å²) in [6.45, 7) is 9.08. The number of benzene rings is 1. The molecule has 27 heavy (non-hydrogen) atoms. The van der Waals surface area contributed by atoms with E-state index in [1.54, 1.807) is 19.1 Å². The van der Waals surface area contributed by atoms with E-state index in [-0.39, 0.29) is 36.0 Å². The van der Waals surface area contributed by atoms with Crippen LogP contribution in [0, 0.1) is 5.92 Å². The highest BCUT2D eigenvalue weighted by Gasteiger charge is 2.20. The number of guanidine groups is 1. The van der Waals surface area contributed by atoms with Crippen LogP contribution in [0.15, 0.2) is 29.3 Å². The number of carbonyl (C=O) groups is 1. The molecule has 1 unspecified atom stereocenters. The lowest BCUT2D eigenvalue weighted by atomic mass is 10.1. The van der Waals surface area contributed by atoms with E-state index in [1.807, 2.05) is 52.0 Å². The SMILES string of the molecule is COCc1ccccc1NC(N)=NCC(C)CN(C)C(=O)OC(C)(C)C.I. The zero-order valence-corrected chi connectivity index (χ0v) is 19.4. The number of nitrogens with zero attached hydrogens (tertiary/aromatic N) is 2. The highest BCUT2D eigenvalue weighted by atomic mass is 127. The number of amides is 1. The Morgan fingerprint density at radius 3 is 2.56 bits per heavy atom. The molecular formula is C19H33IN4O3. The van der Waals surface area contributed by atoms with Crippen molar-refractivity contribution in [2.45, 2.75) is 39.9 Å². The molecule has 0 aliphatic rings. The number of hydrogen-bond donors (Lipinski definition) is 2. The Balaban J connectivity index is 0.00000676. The van der Waals surface area contributed by atoms with Crippen LogP contribution in [0.5, 0.6) is 0 Å². The first-order chi connectivity index (χ1) is 12.1. The van der Waals surface area contributed by atoms with Crippen molar-refractivity contribution in [2.75, 3.05) is 32.6 Å². The number of nitrogens with two attached hydrogens (primary N) is 1. The number of halogens is 1. The van der Waals surface area contributed by atoms with Crippen molar-refractivity contribution in [3.63, 3.8) is 0 Å². The fourth-order valence-electron chi connectivity index (χ4n) is 2.29. The first-order valence-electron chi connectivity index (χ1n) is 8.70. The maximum Gasteiger partial charge on any atom is 0.410 e. The molecular weight excluding hydrogens is 459 g/mol. The maximum absolute atomic E-state index is 12.0. The number of ether oxygens (including phenoxy) is 2. The summed E-state index contributed by atoms with van der Waals surface area (Å²) in [4.78, 5) is 17.9. The fraction of sp³-hybridized carbons (Fsp3) is 0.579. The Bertz CT molecular complexity index is 617. The van der Waals surface area contributed by atoms with Gasteiger partial charge in [0.05, 0.1) is 6.61 Å². The fourth-order valence-corrected chi connectivity index (χ4v) is 2.29. The topological polar surface area (TPSA) is 89.2 Å². The largest absolute Gasteiger partial charge is 0.444 e. The molecule has 0 heterocycles. The van der Waals surface area contributed by atoms with Crippen molar-refractivity contribution in [1.29, 1.82) is 0 Å². The summed E-state index contributed by atoms with van der Waals surface area (Å²) in [5.74, 6) is 0.474. The third kappa shape index (κ3) is 10.4. The van der Waals surface area contributed by atoms with Gasteiger partial charge in [-0.05, 0) is 32.8 Å². The summed E-state index contributed by atoms with van der Waals surface area (Å²) in [5, 5.41) is 3.10. The molecule has 8 heteroatoms. The van der Waals surface area contributed by atoms with Crippen LogP contribution >= 0.6 is 24.0 Å². The van der Waals surface area contributed by atoms with Crippen LogP contribution in [0.2, 0.25) is 0 Å². The third-order valence-corrected chi connectivity index (χ3v) is 3.44. The summed E-state index contributed by atoms with van der Waals surface area (Å²) in [7, 11) is 3.37. The smallest absolute Gasteiger partial charge is 0.410 e. The van der Waals surface area contributed by atoms with Crippen LogP contribution in [0.25, 0.3) is 0 Å². The minimum absolute atomic E-state index is 0. The van der Waals surface area contributed by atoms with Gasteiger partial charge in [0.15, 0.2) is 5.96 Å². The van der Waals surface area contributed by atoms with Crippen molar-refractivity contribution in [3.8, 4) is 0 Å². The Morgan fingerprint density at radius 2 is 1.96 bits per heavy atom. The predicted octanol–water partition coefficient (Wildman–Crippen LogP) is 3.68. The van der Waals surface area contributed by atoms with Gasteiger partial charge < -0.3 is 25.4 Å². The lowest BCUT2D eigenvalue weighted by Crippen LogP contribution is -2.37. The van der Waals surface area contributed by atoms with E-state index < -0.39 is 5.60 Å². The molecule has 0 aliphatic heterocycles. The normalized spacial score (nSPS) is 12.7. The molecule has 0 fully saturated rings. The predicted molar refractivity (Wildman–Crippen MR) is 121 cm³/mol. The number of hydrogen-bond acceptors (Lipinski definition) is 4. The summed E-state index contributed by atoms with van der Waals surface area (Å²) < 4.78 is 10.5. The van der Waals surface area contributed by atoms with Gasteiger partial charge in [-0.15, -0.1) is 24.0 Å². The molecule has 0 aliphatic carbocycles. The van der Waals surface area contributed by atoms with Gasteiger partial charge in [-0.2, -0.15) is 0 Å². The van der Waals surface area contributed by atoms with Gasteiger partial charge >= 0.3 is 6.09 Å². The molecule has 7 nitrogen and oxygen atoms in total. The Hall–Kier alpha value is -1.55. The Kier molecular flexibility index (Phi) is 11.3. The van der Waals surface area contributed by atoms with Gasteiger partial charge in [0.1, 0.15) is 5.60 Å². The minimum Gasteiger partial charge on any atom is -0.444 e. The van der Waals surface area contributed by atoms with Crippen molar-refractivity contribution in [3.05, 3.63) is 29.8 Å². The molecule has 0 aromatic heterocycles. The standard InChI is InChI=1S/C19H32N4O3.HI/c1-14(12-23(5)18(24)26-19(2,3)4)11-21-17(20)22-16-10-8-7-9-15(16)13-25-6;/h7-10,14H,11-13H2,1-6H3,(H3,20,21,22);1H. The van der Waals surface area contributed by atoms with E-state index >= 15 is 0 Å². The Labute approximate surface area is 179 Å². The molecule has 0 saturated carbocycles. The van der Waals surface area contributed by atoms with Crippen LogP contribution in [0.1, 0.15) is 33.3 Å². The quantitative estimate of drug-likeness (QED) is 0.345. The zero-order valence-electron chi connectivity index (χ0n) is 17.1. The van der Waals surface area contributed by atoms with Crippen LogP contribution in [0.3, 0.4) is 0 Å². The molecule has 0 spiro atoms. The average molecular weight is 492 g/mol. The van der Waals surface area contributed by atoms with Crippen LogP contribution in [-0.4, -0.2) is 49.8 Å². The first-order valence-corrected chi connectivity index (χ1v) is 8.70. The Morgan fingerprint density at radius 1 is 1.33 bits per heavy atom. The van der Waals surface area contributed by atoms with E-state index in [1.165, 1.54) is 0 Å². The monoisotopic (exact) mass is 492 g/mol. The second-order valence-corrected chi connectivity index (χ2v) is 7.41. The molecule has 0 radical (unpaired) electrons. The van der Waals surface area contributed by atoms with E-state index in [0.717, 1.165) is 11.3 Å². The first kappa shape index (κ1) is 25.4. The summed E-state index contributed by atoms with van der Waals surface area (Å²) in [5.41, 5.74) is 7.36. The molecule has 1 aromatic carbocycles. The van der Waals surface area contributed by atoms with Crippen molar-refractivity contribution in [1.82, 2.24) is 4.90 Å². The zero-order chi connectivity index (χ0) is 19.7. The number of aliphatic imine (C=N–C) groups is 1. The lowest BCUT2D eigenvalue weighted by molar-refractivity contribution is 0.0279. The second-order valence-electron chi connectivity index (χ2n) is 7.41. The van der Waals surface area contributed by atoms with Gasteiger partial charge in [-0.3, -0.25) is 4.99 Å². The highest BCUT2D eigenvalue weighted by molar-refractivity contribution is 14.0. The molecule has 1 amide bonds. The molecule has 1 aromatic rings. The summed E-state index contributed by atoms with van der Waals surface area (Å²) in [6.07, 6.45) is -0.340. The molecule has 0 saturated heterocycles. The van der Waals surface area contributed by atoms with E-state index in [9.17, 15) is 4.79 Å². The highest BCUT2D eigenvalue weighted by Crippen LogP contribution is 2.15. The molecule has 0 bridgehead atoms. The average Bonchev–Trinajstić information content (AvgIpc) is 2.53. The van der Waals surface area contributed by atoms with Crippen LogP contribution in [-0.2, 0) is 16.1 Å². The summed E-state index contributed by atoms with van der Waals surface area (Å²) in [6, 6.07) is 7.77. The lowest BCUT2D eigenvalue weighted by Gasteiger charge is -2.26. The van der Waals surface area contributed by atoms with Crippen molar-refractivity contribution in [2.24, 2.45) is 16.6 Å². The molecule has 1 rings (SSSR count).